The lowest BCUT2D eigenvalue weighted by molar-refractivity contribution is -0.115. The molecule has 0 aliphatic heterocycles. The normalized spacial score (nSPS) is 10.6. The maximum atomic E-state index is 11.7. The van der Waals surface area contributed by atoms with Gasteiger partial charge in [0.15, 0.2) is 0 Å². The Hall–Kier alpha value is -1.43. The summed E-state index contributed by atoms with van der Waals surface area (Å²) in [4.78, 5) is 11.7. The summed E-state index contributed by atoms with van der Waals surface area (Å²) >= 11 is 0. The molecular weight excluding hydrogens is 268 g/mol. The minimum Gasteiger partial charge on any atom is -0.382 e. The Morgan fingerprint density at radius 1 is 1.10 bits per heavy atom. The van der Waals surface area contributed by atoms with E-state index >= 15 is 0 Å². The number of carbonyl (C=O) groups excluding carboxylic acids is 1. The van der Waals surface area contributed by atoms with Crippen LogP contribution in [0.2, 0.25) is 0 Å². The molecule has 1 aromatic carbocycles. The fourth-order valence-electron chi connectivity index (χ4n) is 1.74. The number of rotatable bonds is 11. The summed E-state index contributed by atoms with van der Waals surface area (Å²) in [6.07, 6.45) is 1.97. The topological polar surface area (TPSA) is 59.6 Å². The SMILES string of the molecule is COCCOCCCCNCC(=O)Nc1ccc(C)cc1. The van der Waals surface area contributed by atoms with Gasteiger partial charge in [0.1, 0.15) is 0 Å². The third-order valence-corrected chi connectivity index (χ3v) is 2.94. The third kappa shape index (κ3) is 9.18. The van der Waals surface area contributed by atoms with Gasteiger partial charge in [-0.25, -0.2) is 0 Å². The molecule has 21 heavy (non-hydrogen) atoms. The summed E-state index contributed by atoms with van der Waals surface area (Å²) in [6, 6.07) is 7.77. The molecule has 1 amide bonds. The Labute approximate surface area is 127 Å². The Kier molecular flexibility index (Phi) is 9.44. The summed E-state index contributed by atoms with van der Waals surface area (Å²) < 4.78 is 10.2. The highest BCUT2D eigenvalue weighted by atomic mass is 16.5. The van der Waals surface area contributed by atoms with Gasteiger partial charge in [0, 0.05) is 19.4 Å². The summed E-state index contributed by atoms with van der Waals surface area (Å²) in [7, 11) is 1.66. The largest absolute Gasteiger partial charge is 0.382 e. The lowest BCUT2D eigenvalue weighted by Gasteiger charge is -2.07. The van der Waals surface area contributed by atoms with Gasteiger partial charge in [0.05, 0.1) is 19.8 Å². The van der Waals surface area contributed by atoms with Gasteiger partial charge in [0.2, 0.25) is 5.91 Å². The first-order valence-corrected chi connectivity index (χ1v) is 7.36. The molecule has 0 aliphatic rings. The van der Waals surface area contributed by atoms with E-state index in [1.54, 1.807) is 7.11 Å². The van der Waals surface area contributed by atoms with Gasteiger partial charge in [0.25, 0.3) is 0 Å². The summed E-state index contributed by atoms with van der Waals surface area (Å²) in [6.45, 7) is 5.18. The number of hydrogen-bond acceptors (Lipinski definition) is 4. The fraction of sp³-hybridized carbons (Fsp3) is 0.562. The van der Waals surface area contributed by atoms with Gasteiger partial charge >= 0.3 is 0 Å². The molecule has 5 heteroatoms. The van der Waals surface area contributed by atoms with Crippen LogP contribution in [0.1, 0.15) is 18.4 Å². The second-order valence-corrected chi connectivity index (χ2v) is 4.90. The van der Waals surface area contributed by atoms with Crippen LogP contribution < -0.4 is 10.6 Å². The van der Waals surface area contributed by atoms with Crippen LogP contribution >= 0.6 is 0 Å². The van der Waals surface area contributed by atoms with Crippen LogP contribution in [0.5, 0.6) is 0 Å². The smallest absolute Gasteiger partial charge is 0.238 e. The van der Waals surface area contributed by atoms with E-state index in [1.165, 1.54) is 5.56 Å². The minimum absolute atomic E-state index is 0.0183. The third-order valence-electron chi connectivity index (χ3n) is 2.94. The Morgan fingerprint density at radius 2 is 1.86 bits per heavy atom. The average Bonchev–Trinajstić information content (AvgIpc) is 2.48. The average molecular weight is 294 g/mol. The first-order valence-electron chi connectivity index (χ1n) is 7.36. The van der Waals surface area contributed by atoms with Crippen molar-refractivity contribution in [3.05, 3.63) is 29.8 Å². The monoisotopic (exact) mass is 294 g/mol. The molecule has 0 aromatic heterocycles. The summed E-state index contributed by atoms with van der Waals surface area (Å²) in [5.41, 5.74) is 2.01. The second kappa shape index (κ2) is 11.3. The van der Waals surface area contributed by atoms with Gasteiger partial charge in [-0.05, 0) is 38.4 Å². The molecule has 0 heterocycles. The van der Waals surface area contributed by atoms with Crippen molar-refractivity contribution >= 4 is 11.6 Å². The van der Waals surface area contributed by atoms with E-state index in [4.69, 9.17) is 9.47 Å². The predicted molar refractivity (Wildman–Crippen MR) is 84.6 cm³/mol. The van der Waals surface area contributed by atoms with E-state index in [0.29, 0.717) is 19.8 Å². The summed E-state index contributed by atoms with van der Waals surface area (Å²) in [5.74, 6) is -0.0183. The highest BCUT2D eigenvalue weighted by molar-refractivity contribution is 5.92. The molecule has 0 aliphatic carbocycles. The van der Waals surface area contributed by atoms with Gasteiger partial charge in [-0.2, -0.15) is 0 Å². The Bertz CT molecular complexity index is 393. The number of nitrogens with one attached hydrogen (secondary N) is 2. The number of hydrogen-bond donors (Lipinski definition) is 2. The van der Waals surface area contributed by atoms with Crippen molar-refractivity contribution in [2.45, 2.75) is 19.8 Å². The molecule has 0 spiro atoms. The van der Waals surface area contributed by atoms with E-state index in [-0.39, 0.29) is 5.91 Å². The van der Waals surface area contributed by atoms with Crippen LogP contribution in [0, 0.1) is 6.92 Å². The Balaban J connectivity index is 1.97. The van der Waals surface area contributed by atoms with Crippen LogP contribution in [0.15, 0.2) is 24.3 Å². The van der Waals surface area contributed by atoms with Gasteiger partial charge in [-0.1, -0.05) is 17.7 Å². The van der Waals surface area contributed by atoms with E-state index < -0.39 is 0 Å². The number of aryl methyl sites for hydroxylation is 1. The fourth-order valence-corrected chi connectivity index (χ4v) is 1.74. The van der Waals surface area contributed by atoms with Gasteiger partial charge in [-0.3, -0.25) is 4.79 Å². The minimum atomic E-state index is -0.0183. The lowest BCUT2D eigenvalue weighted by Crippen LogP contribution is -2.28. The van der Waals surface area contributed by atoms with Crippen molar-refractivity contribution in [1.29, 1.82) is 0 Å². The molecule has 1 rings (SSSR count). The standard InChI is InChI=1S/C16H26N2O3/c1-14-5-7-15(8-6-14)18-16(19)13-17-9-3-4-10-21-12-11-20-2/h5-8,17H,3-4,9-13H2,1-2H3,(H,18,19). The zero-order valence-corrected chi connectivity index (χ0v) is 13.0. The van der Waals surface area contributed by atoms with Gasteiger partial charge < -0.3 is 20.1 Å². The second-order valence-electron chi connectivity index (χ2n) is 4.90. The molecule has 0 saturated carbocycles. The number of methoxy groups -OCH3 is 1. The number of anilines is 1. The van der Waals surface area contributed by atoms with Crippen molar-refractivity contribution in [3.8, 4) is 0 Å². The van der Waals surface area contributed by atoms with Crippen molar-refractivity contribution in [1.82, 2.24) is 5.32 Å². The number of carbonyl (C=O) groups is 1. The summed E-state index contributed by atoms with van der Waals surface area (Å²) in [5, 5.41) is 5.98. The predicted octanol–water partition coefficient (Wildman–Crippen LogP) is 1.97. The van der Waals surface area contributed by atoms with E-state index in [0.717, 1.165) is 31.7 Å². The van der Waals surface area contributed by atoms with E-state index in [1.807, 2.05) is 31.2 Å². The van der Waals surface area contributed by atoms with Crippen LogP contribution in [0.25, 0.3) is 0 Å². The molecule has 1 aromatic rings. The molecule has 0 saturated heterocycles. The van der Waals surface area contributed by atoms with Crippen LogP contribution in [0.3, 0.4) is 0 Å². The highest BCUT2D eigenvalue weighted by Crippen LogP contribution is 2.07. The molecule has 0 bridgehead atoms. The molecule has 0 radical (unpaired) electrons. The van der Waals surface area contributed by atoms with Crippen molar-refractivity contribution in [3.63, 3.8) is 0 Å². The number of amides is 1. The lowest BCUT2D eigenvalue weighted by atomic mass is 10.2. The van der Waals surface area contributed by atoms with Gasteiger partial charge in [-0.15, -0.1) is 0 Å². The highest BCUT2D eigenvalue weighted by Gasteiger charge is 2.01. The van der Waals surface area contributed by atoms with Crippen molar-refractivity contribution in [2.24, 2.45) is 0 Å². The molecule has 0 fully saturated rings. The van der Waals surface area contributed by atoms with E-state index in [9.17, 15) is 4.79 Å². The van der Waals surface area contributed by atoms with Crippen molar-refractivity contribution in [2.75, 3.05) is 45.3 Å². The molecule has 5 nitrogen and oxygen atoms in total. The first-order chi connectivity index (χ1) is 10.2. The zero-order valence-electron chi connectivity index (χ0n) is 13.0. The first kappa shape index (κ1) is 17.6. The quantitative estimate of drug-likeness (QED) is 0.613. The maximum Gasteiger partial charge on any atom is 0.238 e. The van der Waals surface area contributed by atoms with Crippen LogP contribution in [-0.4, -0.2) is 45.9 Å². The van der Waals surface area contributed by atoms with Crippen molar-refractivity contribution < 1.29 is 14.3 Å². The number of benzene rings is 1. The van der Waals surface area contributed by atoms with E-state index in [2.05, 4.69) is 10.6 Å². The molecular formula is C16H26N2O3. The molecule has 2 N–H and O–H groups in total. The number of unbranched alkanes of at least 4 members (excludes halogenated alkanes) is 1. The molecule has 0 atom stereocenters. The maximum absolute atomic E-state index is 11.7. The zero-order chi connectivity index (χ0) is 15.3. The number of ether oxygens (including phenoxy) is 2. The van der Waals surface area contributed by atoms with Crippen LogP contribution in [-0.2, 0) is 14.3 Å². The molecule has 0 unspecified atom stereocenters. The molecule has 118 valence electrons. The van der Waals surface area contributed by atoms with Crippen LogP contribution in [0.4, 0.5) is 5.69 Å². The Morgan fingerprint density at radius 3 is 2.57 bits per heavy atom.